The number of hydrogen-bond donors (Lipinski definition) is 2. The molecule has 176 valence electrons. The van der Waals surface area contributed by atoms with E-state index in [1.54, 1.807) is 0 Å². The Morgan fingerprint density at radius 1 is 0.613 bits per heavy atom. The van der Waals surface area contributed by atoms with Gasteiger partial charge in [0, 0.05) is 28.7 Å². The third kappa shape index (κ3) is 15.1. The van der Waals surface area contributed by atoms with Crippen LogP contribution in [0.4, 0.5) is 11.4 Å². The quantitative estimate of drug-likeness (QED) is 0.200. The molecule has 0 spiro atoms. The van der Waals surface area contributed by atoms with Crippen molar-refractivity contribution in [2.45, 2.75) is 117 Å². The first kappa shape index (κ1) is 27.7. The Morgan fingerprint density at radius 3 is 1.35 bits per heavy atom. The molecule has 4 nitrogen and oxygen atoms in total. The van der Waals surface area contributed by atoms with Crippen LogP contribution in [-0.2, 0) is 9.59 Å². The normalized spacial score (nSPS) is 10.8. The molecule has 31 heavy (non-hydrogen) atoms. The van der Waals surface area contributed by atoms with Gasteiger partial charge in [-0.05, 0) is 31.0 Å². The van der Waals surface area contributed by atoms with Gasteiger partial charge < -0.3 is 10.6 Å². The van der Waals surface area contributed by atoms with Crippen LogP contribution in [0.2, 0.25) is 0 Å². The van der Waals surface area contributed by atoms with Crippen molar-refractivity contribution in [3.8, 4) is 0 Å². The van der Waals surface area contributed by atoms with Crippen molar-refractivity contribution in [2.24, 2.45) is 0 Å². The summed E-state index contributed by atoms with van der Waals surface area (Å²) in [6.07, 6.45) is 17.8. The zero-order chi connectivity index (χ0) is 22.7. The maximum Gasteiger partial charge on any atom is 0.224 e. The Bertz CT molecular complexity index is 584. The lowest BCUT2D eigenvalue weighted by molar-refractivity contribution is -0.117. The molecule has 0 aromatic heterocycles. The van der Waals surface area contributed by atoms with Gasteiger partial charge in [-0.3, -0.25) is 9.59 Å². The van der Waals surface area contributed by atoms with E-state index < -0.39 is 0 Å². The van der Waals surface area contributed by atoms with Gasteiger partial charge in [0.25, 0.3) is 0 Å². The summed E-state index contributed by atoms with van der Waals surface area (Å²) >= 11 is 3.48. The molecule has 1 aromatic carbocycles. The molecule has 0 aliphatic rings. The van der Waals surface area contributed by atoms with Crippen molar-refractivity contribution in [3.63, 3.8) is 0 Å². The molecule has 0 atom stereocenters. The topological polar surface area (TPSA) is 58.2 Å². The fraction of sp³-hybridized carbons (Fsp3) is 0.692. The maximum atomic E-state index is 12.2. The Kier molecular flexibility index (Phi) is 16.3. The summed E-state index contributed by atoms with van der Waals surface area (Å²) in [4.78, 5) is 24.5. The molecule has 0 radical (unpaired) electrons. The van der Waals surface area contributed by atoms with Gasteiger partial charge >= 0.3 is 0 Å². The Morgan fingerprint density at radius 2 is 0.968 bits per heavy atom. The van der Waals surface area contributed by atoms with E-state index in [1.807, 2.05) is 18.2 Å². The van der Waals surface area contributed by atoms with E-state index in [0.29, 0.717) is 24.2 Å². The van der Waals surface area contributed by atoms with Gasteiger partial charge in [-0.15, -0.1) is 0 Å². The largest absolute Gasteiger partial charge is 0.326 e. The lowest BCUT2D eigenvalue weighted by Crippen LogP contribution is -2.13. The van der Waals surface area contributed by atoms with Gasteiger partial charge in [0.2, 0.25) is 11.8 Å². The number of carbonyl (C=O) groups is 2. The van der Waals surface area contributed by atoms with Crippen molar-refractivity contribution in [1.82, 2.24) is 0 Å². The number of anilines is 2. The highest BCUT2D eigenvalue weighted by Gasteiger charge is 2.07. The minimum absolute atomic E-state index is 0.0343. The van der Waals surface area contributed by atoms with Crippen LogP contribution in [0, 0.1) is 0 Å². The Balaban J connectivity index is 2.30. The summed E-state index contributed by atoms with van der Waals surface area (Å²) in [6, 6.07) is 5.57. The SMILES string of the molecule is CCCCCCCCCC(=O)Nc1cc(Br)cc(NC(=O)CCCCCCCCC)c1. The molecule has 0 aliphatic heterocycles. The Hall–Kier alpha value is -1.36. The highest BCUT2D eigenvalue weighted by Crippen LogP contribution is 2.24. The van der Waals surface area contributed by atoms with Crippen LogP contribution in [0.15, 0.2) is 22.7 Å². The smallest absolute Gasteiger partial charge is 0.224 e. The molecule has 0 heterocycles. The van der Waals surface area contributed by atoms with Crippen molar-refractivity contribution in [2.75, 3.05) is 10.6 Å². The predicted molar refractivity (Wildman–Crippen MR) is 137 cm³/mol. The monoisotopic (exact) mass is 494 g/mol. The van der Waals surface area contributed by atoms with E-state index in [2.05, 4.69) is 40.4 Å². The van der Waals surface area contributed by atoms with E-state index >= 15 is 0 Å². The predicted octanol–water partition coefficient (Wildman–Crippen LogP) is 8.61. The number of carbonyl (C=O) groups excluding carboxylic acids is 2. The minimum atomic E-state index is 0.0343. The molecule has 2 N–H and O–H groups in total. The highest BCUT2D eigenvalue weighted by atomic mass is 79.9. The summed E-state index contributed by atoms with van der Waals surface area (Å²) in [7, 11) is 0. The number of unbranched alkanes of at least 4 members (excludes halogenated alkanes) is 12. The molecule has 0 saturated heterocycles. The number of benzene rings is 1. The number of amides is 2. The van der Waals surface area contributed by atoms with Gasteiger partial charge in [-0.2, -0.15) is 0 Å². The number of hydrogen-bond acceptors (Lipinski definition) is 2. The van der Waals surface area contributed by atoms with Crippen LogP contribution in [0.3, 0.4) is 0 Å². The van der Waals surface area contributed by atoms with Gasteiger partial charge in [0.1, 0.15) is 0 Å². The summed E-state index contributed by atoms with van der Waals surface area (Å²) in [5.74, 6) is 0.0685. The number of halogens is 1. The van der Waals surface area contributed by atoms with Crippen molar-refractivity contribution in [1.29, 1.82) is 0 Å². The summed E-state index contributed by atoms with van der Waals surface area (Å²) in [5, 5.41) is 5.93. The summed E-state index contributed by atoms with van der Waals surface area (Å²) in [5.41, 5.74) is 1.43. The molecular formula is C26H43BrN2O2. The van der Waals surface area contributed by atoms with E-state index in [4.69, 9.17) is 0 Å². The van der Waals surface area contributed by atoms with Gasteiger partial charge in [0.05, 0.1) is 0 Å². The third-order valence-electron chi connectivity index (χ3n) is 5.48. The fourth-order valence-electron chi connectivity index (χ4n) is 3.67. The summed E-state index contributed by atoms with van der Waals surface area (Å²) in [6.45, 7) is 4.44. The molecule has 5 heteroatoms. The average molecular weight is 496 g/mol. The molecule has 0 unspecified atom stereocenters. The van der Waals surface area contributed by atoms with Crippen LogP contribution >= 0.6 is 15.9 Å². The number of nitrogens with one attached hydrogen (secondary N) is 2. The second-order valence-electron chi connectivity index (χ2n) is 8.57. The van der Waals surface area contributed by atoms with Crippen molar-refractivity contribution < 1.29 is 9.59 Å². The minimum Gasteiger partial charge on any atom is -0.326 e. The molecule has 0 fully saturated rings. The highest BCUT2D eigenvalue weighted by molar-refractivity contribution is 9.10. The van der Waals surface area contributed by atoms with E-state index in [9.17, 15) is 9.59 Å². The number of rotatable bonds is 18. The van der Waals surface area contributed by atoms with Crippen molar-refractivity contribution in [3.05, 3.63) is 22.7 Å². The fourth-order valence-corrected chi connectivity index (χ4v) is 4.16. The molecule has 2 amide bonds. The molecule has 0 aliphatic carbocycles. The van der Waals surface area contributed by atoms with E-state index in [-0.39, 0.29) is 11.8 Å². The van der Waals surface area contributed by atoms with Crippen LogP contribution in [0.1, 0.15) is 117 Å². The van der Waals surface area contributed by atoms with Gasteiger partial charge in [0.15, 0.2) is 0 Å². The van der Waals surface area contributed by atoms with E-state index in [0.717, 1.165) is 30.2 Å². The first-order valence-corrected chi connectivity index (χ1v) is 13.2. The molecule has 1 rings (SSSR count). The Labute approximate surface area is 198 Å². The summed E-state index contributed by atoms with van der Waals surface area (Å²) < 4.78 is 0.840. The van der Waals surface area contributed by atoms with Gasteiger partial charge in [-0.25, -0.2) is 0 Å². The first-order chi connectivity index (χ1) is 15.0. The first-order valence-electron chi connectivity index (χ1n) is 12.5. The second-order valence-corrected chi connectivity index (χ2v) is 9.48. The standard InChI is InChI=1S/C26H43BrN2O2/c1-3-5-7-9-11-13-15-17-25(30)28-23-19-22(27)20-24(21-23)29-26(31)18-16-14-12-10-8-6-4-2/h19-21H,3-18H2,1-2H3,(H,28,30)(H,29,31). The second kappa shape index (κ2) is 18.2. The lowest BCUT2D eigenvalue weighted by Gasteiger charge is -2.10. The van der Waals surface area contributed by atoms with Crippen molar-refractivity contribution >= 4 is 39.1 Å². The molecular weight excluding hydrogens is 452 g/mol. The van der Waals surface area contributed by atoms with Crippen LogP contribution in [0.25, 0.3) is 0 Å². The molecule has 0 bridgehead atoms. The van der Waals surface area contributed by atoms with Crippen LogP contribution in [0.5, 0.6) is 0 Å². The van der Waals surface area contributed by atoms with Crippen LogP contribution < -0.4 is 10.6 Å². The van der Waals surface area contributed by atoms with E-state index in [1.165, 1.54) is 64.2 Å². The lowest BCUT2D eigenvalue weighted by atomic mass is 10.1. The average Bonchev–Trinajstić information content (AvgIpc) is 2.72. The zero-order valence-corrected chi connectivity index (χ0v) is 21.3. The third-order valence-corrected chi connectivity index (χ3v) is 5.94. The van der Waals surface area contributed by atoms with Crippen LogP contribution in [-0.4, -0.2) is 11.8 Å². The van der Waals surface area contributed by atoms with Gasteiger partial charge in [-0.1, -0.05) is 107 Å². The zero-order valence-electron chi connectivity index (χ0n) is 19.7. The molecule has 1 aromatic rings. The molecule has 0 saturated carbocycles. The maximum absolute atomic E-state index is 12.2.